The van der Waals surface area contributed by atoms with Crippen LogP contribution in [-0.4, -0.2) is 22.7 Å². The number of amides is 1. The van der Waals surface area contributed by atoms with Crippen molar-refractivity contribution in [2.24, 2.45) is 0 Å². The second kappa shape index (κ2) is 8.22. The van der Waals surface area contributed by atoms with E-state index in [2.05, 4.69) is 20.8 Å². The molecular weight excluding hydrogens is 354 g/mol. The van der Waals surface area contributed by atoms with Crippen molar-refractivity contribution in [3.63, 3.8) is 0 Å². The molecule has 0 aliphatic carbocycles. The molecule has 2 aromatic carbocycles. The Kier molecular flexibility index (Phi) is 5.55. The summed E-state index contributed by atoms with van der Waals surface area (Å²) in [6, 6.07) is 13.4. The average Bonchev–Trinajstić information content (AvgIpc) is 2.67. The van der Waals surface area contributed by atoms with Crippen molar-refractivity contribution in [2.75, 3.05) is 17.2 Å². The molecule has 3 rings (SSSR count). The number of carbonyl (C=O) groups excluding carboxylic acids is 1. The molecule has 0 saturated carbocycles. The van der Waals surface area contributed by atoms with E-state index in [0.717, 1.165) is 23.6 Å². The quantitative estimate of drug-likeness (QED) is 0.682. The molecule has 0 atom stereocenters. The molecule has 2 N–H and O–H groups in total. The van der Waals surface area contributed by atoms with Crippen LogP contribution in [0, 0.1) is 11.6 Å². The molecule has 0 radical (unpaired) electrons. The summed E-state index contributed by atoms with van der Waals surface area (Å²) in [6.07, 6.45) is 0. The Morgan fingerprint density at radius 3 is 2.30 bits per heavy atom. The van der Waals surface area contributed by atoms with Crippen LogP contribution in [0.15, 0.2) is 54.6 Å². The van der Waals surface area contributed by atoms with Gasteiger partial charge in [0.2, 0.25) is 0 Å². The van der Waals surface area contributed by atoms with E-state index in [-0.39, 0.29) is 11.4 Å². The smallest absolute Gasteiger partial charge is 0.256 e. The first kappa shape index (κ1) is 18.2. The fourth-order valence-electron chi connectivity index (χ4n) is 2.24. The lowest BCUT2D eigenvalue weighted by molar-refractivity contribution is 0.102. The van der Waals surface area contributed by atoms with Crippen LogP contribution in [0.25, 0.3) is 0 Å². The van der Waals surface area contributed by atoms with Gasteiger partial charge in [-0.25, -0.2) is 8.78 Å². The molecule has 1 amide bonds. The van der Waals surface area contributed by atoms with Crippen LogP contribution in [0.1, 0.15) is 17.3 Å². The number of hydrogen-bond donors (Lipinski definition) is 2. The molecule has 1 aromatic heterocycles. The van der Waals surface area contributed by atoms with Crippen LogP contribution in [0.3, 0.4) is 0 Å². The van der Waals surface area contributed by atoms with Crippen LogP contribution in [0.2, 0.25) is 0 Å². The lowest BCUT2D eigenvalue weighted by Crippen LogP contribution is -2.14. The highest BCUT2D eigenvalue weighted by atomic mass is 19.2. The van der Waals surface area contributed by atoms with Gasteiger partial charge in [0.25, 0.3) is 5.91 Å². The lowest BCUT2D eigenvalue weighted by Gasteiger charge is -2.08. The predicted molar refractivity (Wildman–Crippen MR) is 97.2 cm³/mol. The van der Waals surface area contributed by atoms with E-state index in [1.54, 1.807) is 12.1 Å². The number of hydrogen-bond acceptors (Lipinski definition) is 5. The van der Waals surface area contributed by atoms with Gasteiger partial charge in [-0.3, -0.25) is 4.79 Å². The molecule has 0 bridgehead atoms. The van der Waals surface area contributed by atoms with Crippen LogP contribution < -0.4 is 15.4 Å². The number of nitrogens with zero attached hydrogens (tertiary/aromatic N) is 2. The maximum atomic E-state index is 13.2. The van der Waals surface area contributed by atoms with Crippen molar-refractivity contribution >= 4 is 23.2 Å². The zero-order chi connectivity index (χ0) is 19.2. The van der Waals surface area contributed by atoms with Gasteiger partial charge < -0.3 is 15.4 Å². The number of rotatable bonds is 6. The molecule has 0 aliphatic heterocycles. The number of carbonyl (C=O) groups is 1. The van der Waals surface area contributed by atoms with E-state index in [9.17, 15) is 13.6 Å². The van der Waals surface area contributed by atoms with Crippen molar-refractivity contribution in [2.45, 2.75) is 6.92 Å². The molecule has 0 aliphatic rings. The van der Waals surface area contributed by atoms with Gasteiger partial charge in [0.15, 0.2) is 23.3 Å². The molecule has 8 heteroatoms. The van der Waals surface area contributed by atoms with Crippen molar-refractivity contribution < 1.29 is 18.3 Å². The van der Waals surface area contributed by atoms with Crippen LogP contribution in [0.4, 0.5) is 26.1 Å². The Hall–Kier alpha value is -3.55. The second-order valence-corrected chi connectivity index (χ2v) is 5.47. The van der Waals surface area contributed by atoms with Gasteiger partial charge in [0.1, 0.15) is 5.75 Å². The standard InChI is InChI=1S/C19H16F2N4O2/c1-2-27-14-6-4-13(5-7-14)22-17-9-10-18(25-24-17)23-19(26)12-3-8-15(20)16(21)11-12/h3-11H,2H2,1H3,(H,22,24)(H,23,25,26). The van der Waals surface area contributed by atoms with Gasteiger partial charge in [-0.2, -0.15) is 0 Å². The number of benzene rings is 2. The van der Waals surface area contributed by atoms with Gasteiger partial charge in [0.05, 0.1) is 6.61 Å². The minimum Gasteiger partial charge on any atom is -0.494 e. The summed E-state index contributed by atoms with van der Waals surface area (Å²) in [6.45, 7) is 2.50. The molecule has 138 valence electrons. The van der Waals surface area contributed by atoms with Crippen molar-refractivity contribution in [1.82, 2.24) is 10.2 Å². The summed E-state index contributed by atoms with van der Waals surface area (Å²) in [5.74, 6) is -1.30. The first-order chi connectivity index (χ1) is 13.0. The fourth-order valence-corrected chi connectivity index (χ4v) is 2.24. The second-order valence-electron chi connectivity index (χ2n) is 5.47. The Labute approximate surface area is 154 Å². The third-order valence-electron chi connectivity index (χ3n) is 3.53. The molecular formula is C19H16F2N4O2. The Bertz CT molecular complexity index is 931. The SMILES string of the molecule is CCOc1ccc(Nc2ccc(NC(=O)c3ccc(F)c(F)c3)nn2)cc1. The van der Waals surface area contributed by atoms with Crippen LogP contribution in [-0.2, 0) is 0 Å². The topological polar surface area (TPSA) is 76.1 Å². The Balaban J connectivity index is 1.62. The first-order valence-electron chi connectivity index (χ1n) is 8.15. The number of anilines is 3. The fraction of sp³-hybridized carbons (Fsp3) is 0.105. The molecule has 6 nitrogen and oxygen atoms in total. The van der Waals surface area contributed by atoms with E-state index in [4.69, 9.17) is 4.74 Å². The van der Waals surface area contributed by atoms with E-state index >= 15 is 0 Å². The Morgan fingerprint density at radius 2 is 1.67 bits per heavy atom. The zero-order valence-corrected chi connectivity index (χ0v) is 14.4. The summed E-state index contributed by atoms with van der Waals surface area (Å²) >= 11 is 0. The first-order valence-corrected chi connectivity index (χ1v) is 8.15. The monoisotopic (exact) mass is 370 g/mol. The normalized spacial score (nSPS) is 10.3. The summed E-state index contributed by atoms with van der Waals surface area (Å²) < 4.78 is 31.5. The summed E-state index contributed by atoms with van der Waals surface area (Å²) in [7, 11) is 0. The van der Waals surface area contributed by atoms with Crippen molar-refractivity contribution in [3.05, 3.63) is 71.8 Å². The molecule has 0 spiro atoms. The number of aromatic nitrogens is 2. The summed E-state index contributed by atoms with van der Waals surface area (Å²) in [5.41, 5.74) is 0.776. The van der Waals surface area contributed by atoms with E-state index in [1.807, 2.05) is 31.2 Å². The molecule has 0 fully saturated rings. The minimum absolute atomic E-state index is 0.0210. The van der Waals surface area contributed by atoms with E-state index in [0.29, 0.717) is 12.4 Å². The van der Waals surface area contributed by atoms with Gasteiger partial charge in [-0.15, -0.1) is 10.2 Å². The number of halogens is 2. The van der Waals surface area contributed by atoms with Gasteiger partial charge in [0, 0.05) is 11.3 Å². The predicted octanol–water partition coefficient (Wildman–Crippen LogP) is 4.15. The maximum Gasteiger partial charge on any atom is 0.256 e. The molecule has 27 heavy (non-hydrogen) atoms. The summed E-state index contributed by atoms with van der Waals surface area (Å²) in [4.78, 5) is 12.0. The van der Waals surface area contributed by atoms with Crippen molar-refractivity contribution in [1.29, 1.82) is 0 Å². The van der Waals surface area contributed by atoms with Gasteiger partial charge >= 0.3 is 0 Å². The third-order valence-corrected chi connectivity index (χ3v) is 3.53. The average molecular weight is 370 g/mol. The number of nitrogens with one attached hydrogen (secondary N) is 2. The van der Waals surface area contributed by atoms with E-state index < -0.39 is 17.5 Å². The largest absolute Gasteiger partial charge is 0.494 e. The lowest BCUT2D eigenvalue weighted by atomic mass is 10.2. The molecule has 0 saturated heterocycles. The minimum atomic E-state index is -1.09. The maximum absolute atomic E-state index is 13.2. The van der Waals surface area contributed by atoms with Crippen LogP contribution >= 0.6 is 0 Å². The van der Waals surface area contributed by atoms with E-state index in [1.165, 1.54) is 6.07 Å². The molecule has 3 aromatic rings. The summed E-state index contributed by atoms with van der Waals surface area (Å²) in [5, 5.41) is 13.4. The Morgan fingerprint density at radius 1 is 0.963 bits per heavy atom. The van der Waals surface area contributed by atoms with Gasteiger partial charge in [-0.05, 0) is 61.5 Å². The van der Waals surface area contributed by atoms with Crippen molar-refractivity contribution in [3.8, 4) is 5.75 Å². The molecule has 1 heterocycles. The van der Waals surface area contributed by atoms with Crippen LogP contribution in [0.5, 0.6) is 5.75 Å². The van der Waals surface area contributed by atoms with Gasteiger partial charge in [-0.1, -0.05) is 0 Å². The molecule has 0 unspecified atom stereocenters. The highest BCUT2D eigenvalue weighted by Gasteiger charge is 2.11. The number of ether oxygens (including phenoxy) is 1. The highest BCUT2D eigenvalue weighted by Crippen LogP contribution is 2.19. The third kappa shape index (κ3) is 4.75. The highest BCUT2D eigenvalue weighted by molar-refractivity contribution is 6.03. The zero-order valence-electron chi connectivity index (χ0n) is 14.4.